The Labute approximate surface area is 152 Å². The molecule has 1 heterocycles. The van der Waals surface area contributed by atoms with Crippen LogP contribution in [0.25, 0.3) is 10.8 Å². The minimum atomic E-state index is 0.459. The maximum atomic E-state index is 5.94. The fraction of sp³-hybridized carbons (Fsp3) is 0.0909. The highest BCUT2D eigenvalue weighted by Gasteiger charge is 2.12. The minimum absolute atomic E-state index is 0.459. The van der Waals surface area contributed by atoms with Crippen LogP contribution in [0, 0.1) is 13.8 Å². The van der Waals surface area contributed by atoms with E-state index in [-0.39, 0.29) is 0 Å². The van der Waals surface area contributed by atoms with Gasteiger partial charge in [-0.2, -0.15) is 0 Å². The quantitative estimate of drug-likeness (QED) is 0.468. The number of benzene rings is 3. The Morgan fingerprint density at radius 1 is 0.538 bits per heavy atom. The van der Waals surface area contributed by atoms with E-state index in [2.05, 4.69) is 10.2 Å². The van der Waals surface area contributed by atoms with Crippen molar-refractivity contribution in [2.75, 3.05) is 0 Å². The van der Waals surface area contributed by atoms with Crippen LogP contribution in [-0.2, 0) is 0 Å². The molecule has 0 saturated heterocycles. The van der Waals surface area contributed by atoms with E-state index in [1.807, 2.05) is 86.6 Å². The Morgan fingerprint density at radius 3 is 1.31 bits per heavy atom. The monoisotopic (exact) mass is 342 g/mol. The molecule has 0 radical (unpaired) electrons. The predicted molar refractivity (Wildman–Crippen MR) is 102 cm³/mol. The van der Waals surface area contributed by atoms with Crippen molar-refractivity contribution in [1.29, 1.82) is 0 Å². The molecule has 4 rings (SSSR count). The Hall–Kier alpha value is -3.40. The molecule has 1 aromatic heterocycles. The minimum Gasteiger partial charge on any atom is -0.437 e. The van der Waals surface area contributed by atoms with Crippen LogP contribution in [0.15, 0.2) is 72.8 Å². The molecule has 0 aliphatic carbocycles. The molecule has 128 valence electrons. The van der Waals surface area contributed by atoms with Crippen LogP contribution in [0.1, 0.15) is 11.1 Å². The summed E-state index contributed by atoms with van der Waals surface area (Å²) < 4.78 is 11.9. The predicted octanol–water partition coefficient (Wildman–Crippen LogP) is 5.83. The summed E-state index contributed by atoms with van der Waals surface area (Å²) in [6, 6.07) is 23.5. The van der Waals surface area contributed by atoms with Gasteiger partial charge in [0.05, 0.1) is 10.8 Å². The smallest absolute Gasteiger partial charge is 0.247 e. The van der Waals surface area contributed by atoms with E-state index in [0.717, 1.165) is 22.3 Å². The van der Waals surface area contributed by atoms with Crippen molar-refractivity contribution in [3.8, 4) is 23.3 Å². The molecule has 0 saturated carbocycles. The van der Waals surface area contributed by atoms with Crippen LogP contribution < -0.4 is 9.47 Å². The van der Waals surface area contributed by atoms with Crippen molar-refractivity contribution in [1.82, 2.24) is 10.2 Å². The second-order valence-corrected chi connectivity index (χ2v) is 6.19. The third kappa shape index (κ3) is 3.35. The molecule has 0 N–H and O–H groups in total. The molecule has 0 unspecified atom stereocenters. The van der Waals surface area contributed by atoms with Gasteiger partial charge in [-0.05, 0) is 50.2 Å². The lowest BCUT2D eigenvalue weighted by Gasteiger charge is -2.11. The second-order valence-electron chi connectivity index (χ2n) is 6.19. The number of hydrogen-bond acceptors (Lipinski definition) is 4. The highest BCUT2D eigenvalue weighted by Crippen LogP contribution is 2.33. The Morgan fingerprint density at radius 2 is 0.923 bits per heavy atom. The van der Waals surface area contributed by atoms with Gasteiger partial charge in [0.15, 0.2) is 0 Å². The van der Waals surface area contributed by atoms with Gasteiger partial charge in [-0.1, -0.05) is 47.5 Å². The number of fused-ring (bicyclic) bond motifs is 1. The number of aryl methyl sites for hydroxylation is 2. The molecule has 0 aliphatic rings. The van der Waals surface area contributed by atoms with Crippen molar-refractivity contribution in [3.63, 3.8) is 0 Å². The van der Waals surface area contributed by atoms with Crippen LogP contribution in [0.2, 0.25) is 0 Å². The van der Waals surface area contributed by atoms with Crippen LogP contribution in [0.4, 0.5) is 0 Å². The molecule has 0 bridgehead atoms. The largest absolute Gasteiger partial charge is 0.437 e. The Balaban J connectivity index is 1.70. The first-order valence-electron chi connectivity index (χ1n) is 8.43. The molecule has 0 atom stereocenters. The molecule has 0 amide bonds. The second kappa shape index (κ2) is 6.84. The number of ether oxygens (including phenoxy) is 2. The van der Waals surface area contributed by atoms with Gasteiger partial charge in [0.25, 0.3) is 0 Å². The Kier molecular flexibility index (Phi) is 4.23. The molecule has 0 fully saturated rings. The van der Waals surface area contributed by atoms with E-state index < -0.39 is 0 Å². The molecule has 4 heteroatoms. The van der Waals surface area contributed by atoms with E-state index in [4.69, 9.17) is 9.47 Å². The summed E-state index contributed by atoms with van der Waals surface area (Å²) in [6.45, 7) is 4.08. The van der Waals surface area contributed by atoms with Crippen LogP contribution in [0.5, 0.6) is 23.3 Å². The van der Waals surface area contributed by atoms with E-state index in [9.17, 15) is 0 Å². The van der Waals surface area contributed by atoms with Crippen molar-refractivity contribution < 1.29 is 9.47 Å². The first-order chi connectivity index (χ1) is 12.7. The molecule has 4 aromatic rings. The normalized spacial score (nSPS) is 10.7. The van der Waals surface area contributed by atoms with E-state index in [1.54, 1.807) is 0 Å². The van der Waals surface area contributed by atoms with Crippen molar-refractivity contribution in [2.24, 2.45) is 0 Å². The summed E-state index contributed by atoms with van der Waals surface area (Å²) in [5, 5.41) is 10.2. The zero-order valence-corrected chi connectivity index (χ0v) is 14.6. The van der Waals surface area contributed by atoms with Crippen LogP contribution in [-0.4, -0.2) is 10.2 Å². The van der Waals surface area contributed by atoms with Gasteiger partial charge in [-0.3, -0.25) is 0 Å². The molecular weight excluding hydrogens is 324 g/mol. The maximum Gasteiger partial charge on any atom is 0.247 e. The SMILES string of the molecule is Cc1ccc(Oc2nnc(Oc3ccc(C)cc3)c3ccccc23)cc1. The van der Waals surface area contributed by atoms with Gasteiger partial charge >= 0.3 is 0 Å². The third-order valence-corrected chi connectivity index (χ3v) is 4.09. The molecule has 3 aromatic carbocycles. The Bertz CT molecular complexity index is 956. The van der Waals surface area contributed by atoms with Gasteiger partial charge in [0.2, 0.25) is 11.8 Å². The van der Waals surface area contributed by atoms with E-state index in [1.165, 1.54) is 11.1 Å². The molecule has 26 heavy (non-hydrogen) atoms. The lowest BCUT2D eigenvalue weighted by molar-refractivity contribution is 0.436. The molecule has 0 spiro atoms. The fourth-order valence-corrected chi connectivity index (χ4v) is 2.64. The van der Waals surface area contributed by atoms with Crippen molar-refractivity contribution >= 4 is 10.8 Å². The molecule has 4 nitrogen and oxygen atoms in total. The summed E-state index contributed by atoms with van der Waals surface area (Å²) in [6.07, 6.45) is 0. The average molecular weight is 342 g/mol. The summed E-state index contributed by atoms with van der Waals surface area (Å²) in [4.78, 5) is 0. The fourth-order valence-electron chi connectivity index (χ4n) is 2.64. The summed E-state index contributed by atoms with van der Waals surface area (Å²) in [5.74, 6) is 2.37. The van der Waals surface area contributed by atoms with Crippen LogP contribution in [0.3, 0.4) is 0 Å². The van der Waals surface area contributed by atoms with Crippen molar-refractivity contribution in [3.05, 3.63) is 83.9 Å². The highest BCUT2D eigenvalue weighted by molar-refractivity contribution is 5.90. The maximum absolute atomic E-state index is 5.94. The van der Waals surface area contributed by atoms with Gasteiger partial charge < -0.3 is 9.47 Å². The summed E-state index contributed by atoms with van der Waals surface area (Å²) in [7, 11) is 0. The molecular formula is C22H18N2O2. The number of hydrogen-bond donors (Lipinski definition) is 0. The van der Waals surface area contributed by atoms with Gasteiger partial charge in [0.1, 0.15) is 11.5 Å². The van der Waals surface area contributed by atoms with Crippen LogP contribution >= 0.6 is 0 Å². The van der Waals surface area contributed by atoms with Gasteiger partial charge in [-0.15, -0.1) is 10.2 Å². The molecule has 0 aliphatic heterocycles. The zero-order chi connectivity index (χ0) is 17.9. The number of nitrogens with zero attached hydrogens (tertiary/aromatic N) is 2. The zero-order valence-electron chi connectivity index (χ0n) is 14.6. The van der Waals surface area contributed by atoms with Gasteiger partial charge in [0, 0.05) is 0 Å². The standard InChI is InChI=1S/C22H18N2O2/c1-15-7-11-17(12-8-15)25-21-19-5-3-4-6-20(19)22(24-23-21)26-18-13-9-16(2)10-14-18/h3-14H,1-2H3. The lowest BCUT2D eigenvalue weighted by atomic mass is 10.2. The highest BCUT2D eigenvalue weighted by atomic mass is 16.5. The first kappa shape index (κ1) is 16.1. The summed E-state index contributed by atoms with van der Waals surface area (Å²) >= 11 is 0. The number of rotatable bonds is 4. The first-order valence-corrected chi connectivity index (χ1v) is 8.43. The van der Waals surface area contributed by atoms with E-state index in [0.29, 0.717) is 11.8 Å². The lowest BCUT2D eigenvalue weighted by Crippen LogP contribution is -1.96. The topological polar surface area (TPSA) is 44.2 Å². The van der Waals surface area contributed by atoms with Crippen molar-refractivity contribution in [2.45, 2.75) is 13.8 Å². The number of aromatic nitrogens is 2. The third-order valence-electron chi connectivity index (χ3n) is 4.09. The summed E-state index contributed by atoms with van der Waals surface area (Å²) in [5.41, 5.74) is 2.35. The van der Waals surface area contributed by atoms with E-state index >= 15 is 0 Å². The van der Waals surface area contributed by atoms with Gasteiger partial charge in [-0.25, -0.2) is 0 Å². The average Bonchev–Trinajstić information content (AvgIpc) is 2.67.